The van der Waals surface area contributed by atoms with Gasteiger partial charge in [0.25, 0.3) is 0 Å². The quantitative estimate of drug-likeness (QED) is 0.604. The monoisotopic (exact) mass is 249 g/mol. The Morgan fingerprint density at radius 2 is 1.94 bits per heavy atom. The molecule has 0 spiro atoms. The van der Waals surface area contributed by atoms with E-state index in [9.17, 15) is 4.79 Å². The average molecular weight is 249 g/mol. The Bertz CT molecular complexity index is 340. The van der Waals surface area contributed by atoms with Crippen molar-refractivity contribution in [3.8, 4) is 0 Å². The van der Waals surface area contributed by atoms with Crippen LogP contribution < -0.4 is 16.8 Å². The van der Waals surface area contributed by atoms with Crippen molar-refractivity contribution in [1.29, 1.82) is 0 Å². The molecular weight excluding hydrogens is 226 g/mol. The van der Waals surface area contributed by atoms with Crippen LogP contribution in [0.5, 0.6) is 0 Å². The van der Waals surface area contributed by atoms with Gasteiger partial charge in [-0.3, -0.25) is 4.79 Å². The first-order valence-corrected chi connectivity index (χ1v) is 6.51. The Morgan fingerprint density at radius 3 is 2.61 bits per heavy atom. The third-order valence-corrected chi connectivity index (χ3v) is 2.78. The fraction of sp³-hybridized carbons (Fsp3) is 0.500. The van der Waals surface area contributed by atoms with Crippen molar-refractivity contribution in [2.24, 2.45) is 11.5 Å². The van der Waals surface area contributed by atoms with E-state index in [0.717, 1.165) is 25.7 Å². The van der Waals surface area contributed by atoms with Gasteiger partial charge in [0.1, 0.15) is 0 Å². The third kappa shape index (κ3) is 6.37. The van der Waals surface area contributed by atoms with Gasteiger partial charge in [-0.05, 0) is 37.8 Å². The second-order valence-corrected chi connectivity index (χ2v) is 4.44. The highest BCUT2D eigenvalue weighted by molar-refractivity contribution is 5.76. The van der Waals surface area contributed by atoms with Crippen molar-refractivity contribution in [3.05, 3.63) is 35.9 Å². The van der Waals surface area contributed by atoms with E-state index < -0.39 is 0 Å². The van der Waals surface area contributed by atoms with Gasteiger partial charge in [0.05, 0.1) is 6.17 Å². The summed E-state index contributed by atoms with van der Waals surface area (Å²) in [5.74, 6) is 0.0236. The van der Waals surface area contributed by atoms with Gasteiger partial charge in [-0.25, -0.2) is 0 Å². The largest absolute Gasteiger partial charge is 0.341 e. The van der Waals surface area contributed by atoms with Crippen LogP contribution in [0.4, 0.5) is 0 Å². The van der Waals surface area contributed by atoms with E-state index in [1.807, 2.05) is 18.2 Å². The zero-order valence-electron chi connectivity index (χ0n) is 10.8. The van der Waals surface area contributed by atoms with Gasteiger partial charge in [-0.1, -0.05) is 30.3 Å². The summed E-state index contributed by atoms with van der Waals surface area (Å²) in [5, 5.41) is 2.78. The maximum absolute atomic E-state index is 11.6. The summed E-state index contributed by atoms with van der Waals surface area (Å²) in [5.41, 5.74) is 12.4. The van der Waals surface area contributed by atoms with Gasteiger partial charge >= 0.3 is 0 Å². The van der Waals surface area contributed by atoms with E-state index in [-0.39, 0.29) is 12.1 Å². The molecule has 0 aromatic heterocycles. The number of aryl methyl sites for hydroxylation is 1. The lowest BCUT2D eigenvalue weighted by Gasteiger charge is -2.13. The molecule has 1 aromatic carbocycles. The van der Waals surface area contributed by atoms with E-state index >= 15 is 0 Å². The fourth-order valence-electron chi connectivity index (χ4n) is 1.79. The molecule has 0 saturated heterocycles. The predicted molar refractivity (Wildman–Crippen MR) is 73.8 cm³/mol. The number of nitrogens with one attached hydrogen (secondary N) is 1. The maximum Gasteiger partial charge on any atom is 0.221 e. The Hall–Kier alpha value is -1.39. The van der Waals surface area contributed by atoms with Gasteiger partial charge in [0, 0.05) is 6.42 Å². The smallest absolute Gasteiger partial charge is 0.221 e. The number of carbonyl (C=O) groups is 1. The fourth-order valence-corrected chi connectivity index (χ4v) is 1.79. The first kappa shape index (κ1) is 14.7. The third-order valence-electron chi connectivity index (χ3n) is 2.78. The zero-order chi connectivity index (χ0) is 13.2. The minimum Gasteiger partial charge on any atom is -0.341 e. The lowest BCUT2D eigenvalue weighted by atomic mass is 10.1. The molecule has 0 radical (unpaired) electrons. The molecule has 0 saturated carbocycles. The van der Waals surface area contributed by atoms with E-state index in [0.29, 0.717) is 13.0 Å². The summed E-state index contributed by atoms with van der Waals surface area (Å²) in [6.07, 6.45) is 3.60. The van der Waals surface area contributed by atoms with Crippen LogP contribution in [0, 0.1) is 0 Å². The van der Waals surface area contributed by atoms with Crippen molar-refractivity contribution in [2.45, 2.75) is 38.3 Å². The first-order chi connectivity index (χ1) is 8.72. The van der Waals surface area contributed by atoms with Crippen LogP contribution in [0.2, 0.25) is 0 Å². The van der Waals surface area contributed by atoms with E-state index in [4.69, 9.17) is 11.5 Å². The molecule has 0 heterocycles. The molecule has 0 aliphatic heterocycles. The molecule has 5 N–H and O–H groups in total. The molecule has 100 valence electrons. The molecule has 1 rings (SSSR count). The molecule has 0 unspecified atom stereocenters. The second kappa shape index (κ2) is 8.66. The minimum atomic E-state index is -0.266. The summed E-state index contributed by atoms with van der Waals surface area (Å²) in [6, 6.07) is 10.2. The minimum absolute atomic E-state index is 0.0236. The molecule has 0 aliphatic rings. The highest BCUT2D eigenvalue weighted by Crippen LogP contribution is 2.04. The van der Waals surface area contributed by atoms with E-state index in [1.54, 1.807) is 0 Å². The van der Waals surface area contributed by atoms with Gasteiger partial charge in [0.15, 0.2) is 0 Å². The first-order valence-electron chi connectivity index (χ1n) is 6.51. The SMILES string of the molecule is NCCC[C@H](N)NC(=O)CCCc1ccccc1. The molecule has 4 nitrogen and oxygen atoms in total. The summed E-state index contributed by atoms with van der Waals surface area (Å²) >= 11 is 0. The van der Waals surface area contributed by atoms with Gasteiger partial charge in [0.2, 0.25) is 5.91 Å². The number of hydrogen-bond acceptors (Lipinski definition) is 3. The molecule has 0 aliphatic carbocycles. The number of amides is 1. The Kier molecular flexibility index (Phi) is 7.06. The lowest BCUT2D eigenvalue weighted by molar-refractivity contribution is -0.121. The predicted octanol–water partition coefficient (Wildman–Crippen LogP) is 1.15. The van der Waals surface area contributed by atoms with Crippen molar-refractivity contribution in [1.82, 2.24) is 5.32 Å². The number of carbonyl (C=O) groups excluding carboxylic acids is 1. The summed E-state index contributed by atoms with van der Waals surface area (Å²) in [7, 11) is 0. The van der Waals surface area contributed by atoms with Crippen molar-refractivity contribution < 1.29 is 4.79 Å². The lowest BCUT2D eigenvalue weighted by Crippen LogP contribution is -2.41. The molecule has 4 heteroatoms. The van der Waals surface area contributed by atoms with Crippen molar-refractivity contribution in [2.75, 3.05) is 6.54 Å². The molecule has 0 fully saturated rings. The van der Waals surface area contributed by atoms with Crippen LogP contribution in [-0.2, 0) is 11.2 Å². The van der Waals surface area contributed by atoms with Crippen molar-refractivity contribution in [3.63, 3.8) is 0 Å². The highest BCUT2D eigenvalue weighted by Gasteiger charge is 2.06. The number of nitrogens with two attached hydrogens (primary N) is 2. The van der Waals surface area contributed by atoms with E-state index in [1.165, 1.54) is 5.56 Å². The van der Waals surface area contributed by atoms with Crippen LogP contribution in [0.25, 0.3) is 0 Å². The maximum atomic E-state index is 11.6. The molecule has 1 amide bonds. The normalized spacial score (nSPS) is 12.1. The topological polar surface area (TPSA) is 81.1 Å². The average Bonchev–Trinajstić information content (AvgIpc) is 2.37. The number of hydrogen-bond donors (Lipinski definition) is 3. The van der Waals surface area contributed by atoms with Gasteiger partial charge < -0.3 is 16.8 Å². The summed E-state index contributed by atoms with van der Waals surface area (Å²) in [6.45, 7) is 0.609. The van der Waals surface area contributed by atoms with Crippen LogP contribution in [0.1, 0.15) is 31.2 Å². The van der Waals surface area contributed by atoms with Crippen LogP contribution in [-0.4, -0.2) is 18.6 Å². The van der Waals surface area contributed by atoms with Crippen LogP contribution >= 0.6 is 0 Å². The second-order valence-electron chi connectivity index (χ2n) is 4.44. The molecule has 1 aromatic rings. The standard InChI is InChI=1S/C14H23N3O/c15-11-5-9-13(16)17-14(18)10-4-8-12-6-2-1-3-7-12/h1-3,6-7,13H,4-5,8-11,15-16H2,(H,17,18)/t13-/m1/s1. The van der Waals surface area contributed by atoms with Gasteiger partial charge in [-0.15, -0.1) is 0 Å². The molecular formula is C14H23N3O. The number of benzene rings is 1. The number of rotatable bonds is 8. The molecule has 1 atom stereocenters. The molecule has 18 heavy (non-hydrogen) atoms. The zero-order valence-corrected chi connectivity index (χ0v) is 10.8. The van der Waals surface area contributed by atoms with Crippen molar-refractivity contribution >= 4 is 5.91 Å². The summed E-state index contributed by atoms with van der Waals surface area (Å²) < 4.78 is 0. The summed E-state index contributed by atoms with van der Waals surface area (Å²) in [4.78, 5) is 11.6. The highest BCUT2D eigenvalue weighted by atomic mass is 16.1. The van der Waals surface area contributed by atoms with E-state index in [2.05, 4.69) is 17.4 Å². The van der Waals surface area contributed by atoms with Gasteiger partial charge in [-0.2, -0.15) is 0 Å². The Balaban J connectivity index is 2.13. The van der Waals surface area contributed by atoms with Crippen LogP contribution in [0.3, 0.4) is 0 Å². The molecule has 0 bridgehead atoms. The Morgan fingerprint density at radius 1 is 1.22 bits per heavy atom. The van der Waals surface area contributed by atoms with Crippen LogP contribution in [0.15, 0.2) is 30.3 Å². The Labute approximate surface area is 109 Å².